The fourth-order valence-corrected chi connectivity index (χ4v) is 4.09. The van der Waals surface area contributed by atoms with Gasteiger partial charge in [-0.3, -0.25) is 9.69 Å². The number of carbonyl (C=O) groups excluding carboxylic acids is 1. The van der Waals surface area contributed by atoms with Crippen LogP contribution in [-0.4, -0.2) is 48.6 Å². The fraction of sp³-hybridized carbons (Fsp3) is 0.280. The van der Waals surface area contributed by atoms with Gasteiger partial charge in [0, 0.05) is 32.4 Å². The standard InChI is InChI=1S/C25H27ClN4O2/c1-2-32-22-11-7-6-10-21(22)28-25(31)24(19-8-4-3-5-9-19)30-16-14-29(15-17-30)23-13-12-20(26)18-27-23/h3-13,18,24H,2,14-17H2,1H3,(H,28,31). The third-order valence-electron chi connectivity index (χ3n) is 5.52. The van der Waals surface area contributed by atoms with Gasteiger partial charge in [-0.25, -0.2) is 4.98 Å². The molecule has 7 heteroatoms. The van der Waals surface area contributed by atoms with Crippen molar-refractivity contribution in [3.05, 3.63) is 83.5 Å². The first kappa shape index (κ1) is 22.1. The number of carbonyl (C=O) groups is 1. The van der Waals surface area contributed by atoms with Crippen LogP contribution in [0.1, 0.15) is 18.5 Å². The van der Waals surface area contributed by atoms with Gasteiger partial charge in [0.05, 0.1) is 17.3 Å². The van der Waals surface area contributed by atoms with Crippen molar-refractivity contribution in [2.45, 2.75) is 13.0 Å². The Balaban J connectivity index is 1.52. The van der Waals surface area contributed by atoms with Crippen LogP contribution >= 0.6 is 11.6 Å². The first-order valence-electron chi connectivity index (χ1n) is 10.8. The van der Waals surface area contributed by atoms with Gasteiger partial charge in [0.15, 0.2) is 0 Å². The molecule has 1 aromatic heterocycles. The van der Waals surface area contributed by atoms with Crippen molar-refractivity contribution in [3.63, 3.8) is 0 Å². The summed E-state index contributed by atoms with van der Waals surface area (Å²) in [7, 11) is 0. The molecule has 3 aromatic rings. The van der Waals surface area contributed by atoms with Crippen molar-refractivity contribution < 1.29 is 9.53 Å². The minimum atomic E-state index is -0.397. The number of benzene rings is 2. The number of nitrogens with one attached hydrogen (secondary N) is 1. The predicted octanol–water partition coefficient (Wildman–Crippen LogP) is 4.64. The Labute approximate surface area is 193 Å². The molecule has 0 bridgehead atoms. The van der Waals surface area contributed by atoms with Crippen LogP contribution in [0.4, 0.5) is 11.5 Å². The SMILES string of the molecule is CCOc1ccccc1NC(=O)C(c1ccccc1)N1CCN(c2ccc(Cl)cn2)CC1. The van der Waals surface area contributed by atoms with E-state index in [9.17, 15) is 4.79 Å². The molecular formula is C25H27ClN4O2. The zero-order chi connectivity index (χ0) is 22.3. The van der Waals surface area contributed by atoms with Gasteiger partial charge in [0.25, 0.3) is 0 Å². The molecule has 1 aliphatic rings. The van der Waals surface area contributed by atoms with E-state index in [1.807, 2.05) is 73.7 Å². The van der Waals surface area contributed by atoms with Gasteiger partial charge in [0.2, 0.25) is 5.91 Å². The van der Waals surface area contributed by atoms with Crippen LogP contribution in [0.25, 0.3) is 0 Å². The van der Waals surface area contributed by atoms with Crippen LogP contribution in [0.3, 0.4) is 0 Å². The molecule has 1 N–H and O–H groups in total. The summed E-state index contributed by atoms with van der Waals surface area (Å²) < 4.78 is 5.69. The molecule has 1 amide bonds. The molecule has 32 heavy (non-hydrogen) atoms. The third kappa shape index (κ3) is 5.21. The van der Waals surface area contributed by atoms with E-state index in [4.69, 9.17) is 16.3 Å². The summed E-state index contributed by atoms with van der Waals surface area (Å²) in [5.74, 6) is 1.51. The summed E-state index contributed by atoms with van der Waals surface area (Å²) in [6.45, 7) is 5.51. The Morgan fingerprint density at radius 3 is 2.44 bits per heavy atom. The van der Waals surface area contributed by atoms with E-state index in [-0.39, 0.29) is 5.91 Å². The van der Waals surface area contributed by atoms with Crippen LogP contribution in [0.5, 0.6) is 5.75 Å². The second-order valence-electron chi connectivity index (χ2n) is 7.59. The zero-order valence-corrected chi connectivity index (χ0v) is 18.8. The molecule has 1 aliphatic heterocycles. The second kappa shape index (κ2) is 10.5. The second-order valence-corrected chi connectivity index (χ2v) is 8.03. The van der Waals surface area contributed by atoms with Crippen molar-refractivity contribution in [2.24, 2.45) is 0 Å². The number of anilines is 2. The van der Waals surface area contributed by atoms with Crippen LogP contribution in [0.15, 0.2) is 72.9 Å². The van der Waals surface area contributed by atoms with E-state index in [0.717, 1.165) is 37.6 Å². The lowest BCUT2D eigenvalue weighted by atomic mass is 10.0. The minimum absolute atomic E-state index is 0.0681. The van der Waals surface area contributed by atoms with Gasteiger partial charge in [-0.1, -0.05) is 54.1 Å². The van der Waals surface area contributed by atoms with Crippen molar-refractivity contribution in [1.29, 1.82) is 0 Å². The number of pyridine rings is 1. The van der Waals surface area contributed by atoms with Crippen molar-refractivity contribution in [3.8, 4) is 5.75 Å². The molecule has 1 unspecified atom stereocenters. The maximum Gasteiger partial charge on any atom is 0.246 e. The Bertz CT molecular complexity index is 1020. The van der Waals surface area contributed by atoms with Crippen molar-refractivity contribution in [2.75, 3.05) is 43.0 Å². The molecule has 1 fully saturated rings. The Morgan fingerprint density at radius 2 is 1.75 bits per heavy atom. The lowest BCUT2D eigenvalue weighted by Crippen LogP contribution is -2.50. The van der Waals surface area contributed by atoms with Gasteiger partial charge < -0.3 is 15.0 Å². The molecule has 0 spiro atoms. The average Bonchev–Trinajstić information content (AvgIpc) is 2.82. The first-order chi connectivity index (χ1) is 15.7. The van der Waals surface area contributed by atoms with Gasteiger partial charge in [-0.2, -0.15) is 0 Å². The Hall–Kier alpha value is -3.09. The van der Waals surface area contributed by atoms with E-state index in [2.05, 4.69) is 20.1 Å². The lowest BCUT2D eigenvalue weighted by Gasteiger charge is -2.39. The molecule has 4 rings (SSSR count). The molecule has 2 heterocycles. The molecule has 2 aromatic carbocycles. The molecule has 6 nitrogen and oxygen atoms in total. The van der Waals surface area contributed by atoms with Crippen LogP contribution < -0.4 is 15.0 Å². The highest BCUT2D eigenvalue weighted by Gasteiger charge is 2.31. The normalized spacial score (nSPS) is 15.2. The van der Waals surface area contributed by atoms with Crippen LogP contribution in [0.2, 0.25) is 5.02 Å². The largest absolute Gasteiger partial charge is 0.492 e. The molecular weight excluding hydrogens is 424 g/mol. The van der Waals surface area contributed by atoms with Crippen LogP contribution in [-0.2, 0) is 4.79 Å². The minimum Gasteiger partial charge on any atom is -0.492 e. The van der Waals surface area contributed by atoms with Gasteiger partial charge in [0.1, 0.15) is 17.6 Å². The number of nitrogens with zero attached hydrogens (tertiary/aromatic N) is 3. The smallest absolute Gasteiger partial charge is 0.246 e. The third-order valence-corrected chi connectivity index (χ3v) is 5.75. The topological polar surface area (TPSA) is 57.7 Å². The summed E-state index contributed by atoms with van der Waals surface area (Å²) in [6, 6.07) is 20.8. The van der Waals surface area contributed by atoms with E-state index in [0.29, 0.717) is 23.1 Å². The summed E-state index contributed by atoms with van der Waals surface area (Å²) >= 11 is 5.97. The number of amides is 1. The van der Waals surface area contributed by atoms with Gasteiger partial charge >= 0.3 is 0 Å². The number of halogens is 1. The summed E-state index contributed by atoms with van der Waals surface area (Å²) in [6.07, 6.45) is 1.67. The van der Waals surface area contributed by atoms with Crippen LogP contribution in [0, 0.1) is 0 Å². The number of rotatable bonds is 7. The maximum absolute atomic E-state index is 13.5. The zero-order valence-electron chi connectivity index (χ0n) is 18.1. The fourth-order valence-electron chi connectivity index (χ4n) is 3.98. The molecule has 0 aliphatic carbocycles. The number of ether oxygens (including phenoxy) is 1. The maximum atomic E-state index is 13.5. The number of hydrogen-bond donors (Lipinski definition) is 1. The Morgan fingerprint density at radius 1 is 1.03 bits per heavy atom. The summed E-state index contributed by atoms with van der Waals surface area (Å²) in [4.78, 5) is 22.4. The number of piperazine rings is 1. The highest BCUT2D eigenvalue weighted by molar-refractivity contribution is 6.30. The van der Waals surface area contributed by atoms with Gasteiger partial charge in [-0.05, 0) is 36.8 Å². The monoisotopic (exact) mass is 450 g/mol. The molecule has 1 saturated heterocycles. The molecule has 0 saturated carbocycles. The summed E-state index contributed by atoms with van der Waals surface area (Å²) in [5, 5.41) is 3.72. The lowest BCUT2D eigenvalue weighted by molar-refractivity contribution is -0.121. The van der Waals surface area contributed by atoms with E-state index in [1.54, 1.807) is 6.20 Å². The molecule has 166 valence electrons. The highest BCUT2D eigenvalue weighted by Crippen LogP contribution is 2.29. The first-order valence-corrected chi connectivity index (χ1v) is 11.2. The number of aromatic nitrogens is 1. The Kier molecular flexibility index (Phi) is 7.24. The van der Waals surface area contributed by atoms with E-state index < -0.39 is 6.04 Å². The quantitative estimate of drug-likeness (QED) is 0.568. The number of para-hydroxylation sites is 2. The summed E-state index contributed by atoms with van der Waals surface area (Å²) in [5.41, 5.74) is 1.65. The van der Waals surface area contributed by atoms with E-state index in [1.165, 1.54) is 0 Å². The predicted molar refractivity (Wildman–Crippen MR) is 128 cm³/mol. The molecule has 1 atom stereocenters. The van der Waals surface area contributed by atoms with E-state index >= 15 is 0 Å². The van der Waals surface area contributed by atoms with Crippen molar-refractivity contribution in [1.82, 2.24) is 9.88 Å². The molecule has 0 radical (unpaired) electrons. The number of hydrogen-bond acceptors (Lipinski definition) is 5. The van der Waals surface area contributed by atoms with Gasteiger partial charge in [-0.15, -0.1) is 0 Å². The van der Waals surface area contributed by atoms with Crippen molar-refractivity contribution >= 4 is 29.0 Å². The average molecular weight is 451 g/mol. The highest BCUT2D eigenvalue weighted by atomic mass is 35.5.